The Morgan fingerprint density at radius 2 is 1.75 bits per heavy atom. The van der Waals surface area contributed by atoms with Crippen LogP contribution < -0.4 is 0 Å². The highest BCUT2D eigenvalue weighted by molar-refractivity contribution is 6.82. The van der Waals surface area contributed by atoms with Crippen LogP contribution in [0, 0.1) is 0 Å². The molecule has 0 spiro atoms. The van der Waals surface area contributed by atoms with E-state index in [-0.39, 0.29) is 0 Å². The maximum Gasteiger partial charge on any atom is 0.186 e. The van der Waals surface area contributed by atoms with Crippen LogP contribution in [-0.2, 0) is 8.85 Å². The van der Waals surface area contributed by atoms with Crippen LogP contribution in [0.25, 0.3) is 0 Å². The lowest BCUT2D eigenvalue weighted by Gasteiger charge is -2.24. The standard InChI is InChI=1S/C8H22O2Si2/c1-6-9-11(3)8-12(4,5)10-7-2/h11H,6-8H2,1-5H3. The number of hydrogen-bond acceptors (Lipinski definition) is 2. The van der Waals surface area contributed by atoms with Crippen molar-refractivity contribution in [2.45, 2.75) is 39.2 Å². The van der Waals surface area contributed by atoms with Crippen molar-refractivity contribution in [3.8, 4) is 0 Å². The van der Waals surface area contributed by atoms with Crippen LogP contribution in [-0.4, -0.2) is 30.6 Å². The van der Waals surface area contributed by atoms with Crippen molar-refractivity contribution in [3.63, 3.8) is 0 Å². The highest BCUT2D eigenvalue weighted by Gasteiger charge is 2.25. The largest absolute Gasteiger partial charge is 0.421 e. The van der Waals surface area contributed by atoms with Crippen LogP contribution >= 0.6 is 0 Å². The zero-order valence-corrected chi connectivity index (χ0v) is 11.2. The molecule has 0 amide bonds. The smallest absolute Gasteiger partial charge is 0.186 e. The molecule has 0 N–H and O–H groups in total. The molecule has 12 heavy (non-hydrogen) atoms. The Balaban J connectivity index is 3.70. The Kier molecular flexibility index (Phi) is 6.08. The summed E-state index contributed by atoms with van der Waals surface area (Å²) in [6.07, 6.45) is 0. The fourth-order valence-electron chi connectivity index (χ4n) is 1.49. The van der Waals surface area contributed by atoms with Gasteiger partial charge in [0.25, 0.3) is 0 Å². The van der Waals surface area contributed by atoms with Crippen molar-refractivity contribution >= 4 is 17.4 Å². The lowest BCUT2D eigenvalue weighted by molar-refractivity contribution is 0.323. The Hall–Kier alpha value is 0.354. The molecule has 1 atom stereocenters. The second-order valence-electron chi connectivity index (χ2n) is 3.66. The summed E-state index contributed by atoms with van der Waals surface area (Å²) in [5.74, 6) is 0. The summed E-state index contributed by atoms with van der Waals surface area (Å²) in [7, 11) is -2.29. The molecule has 0 aliphatic carbocycles. The maximum atomic E-state index is 5.74. The predicted octanol–water partition coefficient (Wildman–Crippen LogP) is 2.16. The minimum atomic E-state index is -1.37. The molecule has 0 radical (unpaired) electrons. The molecule has 0 heterocycles. The van der Waals surface area contributed by atoms with Gasteiger partial charge in [0, 0.05) is 13.2 Å². The van der Waals surface area contributed by atoms with E-state index in [1.165, 1.54) is 5.67 Å². The van der Waals surface area contributed by atoms with Gasteiger partial charge < -0.3 is 8.85 Å². The van der Waals surface area contributed by atoms with Crippen molar-refractivity contribution in [2.24, 2.45) is 0 Å². The molecule has 0 bridgehead atoms. The predicted molar refractivity (Wildman–Crippen MR) is 58.6 cm³/mol. The highest BCUT2D eigenvalue weighted by Crippen LogP contribution is 2.13. The minimum Gasteiger partial charge on any atom is -0.421 e. The molecular weight excluding hydrogens is 184 g/mol. The first-order valence-electron chi connectivity index (χ1n) is 4.77. The Morgan fingerprint density at radius 1 is 1.17 bits per heavy atom. The van der Waals surface area contributed by atoms with Gasteiger partial charge in [-0.2, -0.15) is 0 Å². The van der Waals surface area contributed by atoms with Crippen LogP contribution in [0.5, 0.6) is 0 Å². The van der Waals surface area contributed by atoms with Gasteiger partial charge in [-0.3, -0.25) is 0 Å². The van der Waals surface area contributed by atoms with E-state index in [0.29, 0.717) is 0 Å². The summed E-state index contributed by atoms with van der Waals surface area (Å²) in [4.78, 5) is 0. The Bertz CT molecular complexity index is 118. The molecule has 0 aliphatic rings. The van der Waals surface area contributed by atoms with Crippen LogP contribution in [0.3, 0.4) is 0 Å². The summed E-state index contributed by atoms with van der Waals surface area (Å²) < 4.78 is 11.4. The monoisotopic (exact) mass is 206 g/mol. The SMILES string of the molecule is CCO[SiH](C)C[Si](C)(C)OCC. The average Bonchev–Trinajstić information content (AvgIpc) is 1.85. The molecule has 0 aromatic rings. The molecule has 1 unspecified atom stereocenters. The molecule has 0 aromatic heterocycles. The summed E-state index contributed by atoms with van der Waals surface area (Å²) >= 11 is 0. The van der Waals surface area contributed by atoms with Crippen molar-refractivity contribution < 1.29 is 8.85 Å². The van der Waals surface area contributed by atoms with E-state index < -0.39 is 17.4 Å². The Labute approximate surface area is 79.1 Å². The summed E-state index contributed by atoms with van der Waals surface area (Å²) in [6.45, 7) is 12.7. The molecule has 0 fully saturated rings. The van der Waals surface area contributed by atoms with E-state index in [1.54, 1.807) is 0 Å². The maximum absolute atomic E-state index is 5.74. The molecule has 4 heteroatoms. The molecule has 0 aromatic carbocycles. The quantitative estimate of drug-likeness (QED) is 0.620. The van der Waals surface area contributed by atoms with Gasteiger partial charge in [-0.15, -0.1) is 0 Å². The van der Waals surface area contributed by atoms with Crippen LogP contribution in [0.4, 0.5) is 0 Å². The molecular formula is C8H22O2Si2. The van der Waals surface area contributed by atoms with Crippen molar-refractivity contribution in [1.29, 1.82) is 0 Å². The van der Waals surface area contributed by atoms with E-state index in [4.69, 9.17) is 8.85 Å². The highest BCUT2D eigenvalue weighted by atomic mass is 28.4. The van der Waals surface area contributed by atoms with E-state index >= 15 is 0 Å². The van der Waals surface area contributed by atoms with Crippen LogP contribution in [0.2, 0.25) is 25.3 Å². The third-order valence-corrected chi connectivity index (χ3v) is 9.97. The minimum absolute atomic E-state index is 0.854. The lowest BCUT2D eigenvalue weighted by Crippen LogP contribution is -2.36. The third kappa shape index (κ3) is 5.94. The van der Waals surface area contributed by atoms with E-state index in [1.807, 2.05) is 0 Å². The van der Waals surface area contributed by atoms with E-state index in [9.17, 15) is 0 Å². The van der Waals surface area contributed by atoms with Gasteiger partial charge in [0.05, 0.1) is 0 Å². The van der Waals surface area contributed by atoms with E-state index in [0.717, 1.165) is 13.2 Å². The van der Waals surface area contributed by atoms with Crippen molar-refractivity contribution in [3.05, 3.63) is 0 Å². The average molecular weight is 206 g/mol. The third-order valence-electron chi connectivity index (χ3n) is 1.77. The van der Waals surface area contributed by atoms with Gasteiger partial charge in [0.2, 0.25) is 0 Å². The van der Waals surface area contributed by atoms with Gasteiger partial charge >= 0.3 is 0 Å². The van der Waals surface area contributed by atoms with Gasteiger partial charge in [-0.25, -0.2) is 0 Å². The molecule has 0 rings (SSSR count). The van der Waals surface area contributed by atoms with Gasteiger partial charge in [-0.1, -0.05) is 0 Å². The zero-order chi connectivity index (χ0) is 9.61. The normalized spacial score (nSPS) is 14.8. The summed E-state index contributed by atoms with van der Waals surface area (Å²) in [5.41, 5.74) is 1.23. The Morgan fingerprint density at radius 3 is 2.17 bits per heavy atom. The topological polar surface area (TPSA) is 18.5 Å². The fourth-order valence-corrected chi connectivity index (χ4v) is 9.32. The van der Waals surface area contributed by atoms with Crippen LogP contribution in [0.1, 0.15) is 13.8 Å². The number of hydrogen-bond donors (Lipinski definition) is 0. The van der Waals surface area contributed by atoms with Gasteiger partial charge in [0.15, 0.2) is 17.4 Å². The van der Waals surface area contributed by atoms with Crippen molar-refractivity contribution in [1.82, 2.24) is 0 Å². The fraction of sp³-hybridized carbons (Fsp3) is 1.00. The lowest BCUT2D eigenvalue weighted by atomic mass is 10.9. The van der Waals surface area contributed by atoms with E-state index in [2.05, 4.69) is 33.5 Å². The molecule has 2 nitrogen and oxygen atoms in total. The van der Waals surface area contributed by atoms with Gasteiger partial charge in [-0.05, 0) is 39.2 Å². The zero-order valence-electron chi connectivity index (χ0n) is 9.02. The molecule has 0 aliphatic heterocycles. The first-order valence-corrected chi connectivity index (χ1v) is 10.3. The first kappa shape index (κ1) is 12.4. The first-order chi connectivity index (χ1) is 5.52. The van der Waals surface area contributed by atoms with Crippen LogP contribution in [0.15, 0.2) is 0 Å². The second kappa shape index (κ2) is 5.91. The molecule has 0 saturated carbocycles. The second-order valence-corrected chi connectivity index (χ2v) is 11.1. The van der Waals surface area contributed by atoms with Gasteiger partial charge in [0.1, 0.15) is 0 Å². The summed E-state index contributed by atoms with van der Waals surface area (Å²) in [6, 6.07) is 0. The summed E-state index contributed by atoms with van der Waals surface area (Å²) in [5, 5.41) is 0. The molecule has 0 saturated heterocycles. The van der Waals surface area contributed by atoms with Crippen molar-refractivity contribution in [2.75, 3.05) is 13.2 Å². The molecule has 74 valence electrons. The number of rotatable bonds is 6.